The van der Waals surface area contributed by atoms with Crippen LogP contribution < -0.4 is 11.1 Å². The van der Waals surface area contributed by atoms with Gasteiger partial charge in [0.05, 0.1) is 10.6 Å². The van der Waals surface area contributed by atoms with E-state index in [2.05, 4.69) is 5.32 Å². The molecule has 0 bridgehead atoms. The van der Waals surface area contributed by atoms with Gasteiger partial charge in [0.15, 0.2) is 0 Å². The molecular formula is C14H12Cl2N2O. The van der Waals surface area contributed by atoms with Gasteiger partial charge in [-0.2, -0.15) is 0 Å². The number of carbonyl (C=O) groups excluding carboxylic acids is 1. The zero-order chi connectivity index (χ0) is 13.8. The molecular weight excluding hydrogens is 283 g/mol. The summed E-state index contributed by atoms with van der Waals surface area (Å²) in [5.74, 6) is -0.269. The van der Waals surface area contributed by atoms with Crippen molar-refractivity contribution in [1.29, 1.82) is 0 Å². The zero-order valence-corrected chi connectivity index (χ0v) is 11.5. The van der Waals surface area contributed by atoms with Crippen LogP contribution in [0.15, 0.2) is 42.5 Å². The minimum absolute atomic E-state index is 0.269. The number of nitrogen functional groups attached to an aromatic ring is 1. The summed E-state index contributed by atoms with van der Waals surface area (Å²) in [6.07, 6.45) is 0. The van der Waals surface area contributed by atoms with Crippen molar-refractivity contribution in [2.45, 2.75) is 6.54 Å². The lowest BCUT2D eigenvalue weighted by molar-refractivity contribution is 0.0951. The van der Waals surface area contributed by atoms with E-state index in [0.717, 1.165) is 5.56 Å². The molecule has 19 heavy (non-hydrogen) atoms. The number of halogens is 2. The van der Waals surface area contributed by atoms with Gasteiger partial charge in [-0.3, -0.25) is 4.79 Å². The second kappa shape index (κ2) is 5.95. The average Bonchev–Trinajstić information content (AvgIpc) is 2.39. The molecule has 3 N–H and O–H groups in total. The molecule has 0 radical (unpaired) electrons. The SMILES string of the molecule is Nc1cccc(CNC(=O)c2cc(Cl)ccc2Cl)c1. The van der Waals surface area contributed by atoms with Gasteiger partial charge in [0, 0.05) is 17.3 Å². The predicted octanol–water partition coefficient (Wildman–Crippen LogP) is 3.51. The number of benzene rings is 2. The van der Waals surface area contributed by atoms with Gasteiger partial charge in [-0.25, -0.2) is 0 Å². The van der Waals surface area contributed by atoms with Gasteiger partial charge < -0.3 is 11.1 Å². The quantitative estimate of drug-likeness (QED) is 0.851. The highest BCUT2D eigenvalue weighted by atomic mass is 35.5. The van der Waals surface area contributed by atoms with E-state index in [1.807, 2.05) is 12.1 Å². The Labute approximate surface area is 121 Å². The van der Waals surface area contributed by atoms with E-state index in [1.54, 1.807) is 30.3 Å². The third-order valence-electron chi connectivity index (χ3n) is 2.58. The normalized spacial score (nSPS) is 10.2. The van der Waals surface area contributed by atoms with Crippen LogP contribution in [0.2, 0.25) is 10.0 Å². The fourth-order valence-corrected chi connectivity index (χ4v) is 2.03. The first-order valence-electron chi connectivity index (χ1n) is 5.64. The van der Waals surface area contributed by atoms with Crippen LogP contribution in [-0.2, 0) is 6.54 Å². The summed E-state index contributed by atoms with van der Waals surface area (Å²) in [4.78, 5) is 12.0. The lowest BCUT2D eigenvalue weighted by atomic mass is 10.2. The summed E-state index contributed by atoms with van der Waals surface area (Å²) in [6.45, 7) is 0.382. The third-order valence-corrected chi connectivity index (χ3v) is 3.14. The Morgan fingerprint density at radius 2 is 1.95 bits per heavy atom. The Bertz CT molecular complexity index is 614. The van der Waals surface area contributed by atoms with E-state index in [-0.39, 0.29) is 5.91 Å². The first kappa shape index (κ1) is 13.7. The summed E-state index contributed by atoms with van der Waals surface area (Å²) >= 11 is 11.8. The van der Waals surface area contributed by atoms with Gasteiger partial charge in [0.1, 0.15) is 0 Å². The second-order valence-corrected chi connectivity index (χ2v) is 4.90. The third kappa shape index (κ3) is 3.63. The number of hydrogen-bond acceptors (Lipinski definition) is 2. The molecule has 0 heterocycles. The first-order valence-corrected chi connectivity index (χ1v) is 6.39. The van der Waals surface area contributed by atoms with Gasteiger partial charge in [0.25, 0.3) is 5.91 Å². The van der Waals surface area contributed by atoms with Gasteiger partial charge in [0.2, 0.25) is 0 Å². The number of amides is 1. The Hall–Kier alpha value is -1.71. The fraction of sp³-hybridized carbons (Fsp3) is 0.0714. The first-order chi connectivity index (χ1) is 9.06. The number of carbonyl (C=O) groups is 1. The van der Waals surface area contributed by atoms with Gasteiger partial charge in [-0.05, 0) is 35.9 Å². The topological polar surface area (TPSA) is 55.1 Å². The number of nitrogens with two attached hydrogens (primary N) is 1. The van der Waals surface area contributed by atoms with Crippen molar-refractivity contribution in [1.82, 2.24) is 5.32 Å². The fourth-order valence-electron chi connectivity index (χ4n) is 1.65. The monoisotopic (exact) mass is 294 g/mol. The molecule has 0 spiro atoms. The largest absolute Gasteiger partial charge is 0.399 e. The predicted molar refractivity (Wildman–Crippen MR) is 78.5 cm³/mol. The molecule has 3 nitrogen and oxygen atoms in total. The number of rotatable bonds is 3. The van der Waals surface area contributed by atoms with Crippen molar-refractivity contribution in [2.75, 3.05) is 5.73 Å². The van der Waals surface area contributed by atoms with Crippen molar-refractivity contribution >= 4 is 34.8 Å². The molecule has 1 amide bonds. The van der Waals surface area contributed by atoms with Crippen LogP contribution in [0.1, 0.15) is 15.9 Å². The zero-order valence-electron chi connectivity index (χ0n) is 9.99. The minimum atomic E-state index is -0.269. The number of hydrogen-bond donors (Lipinski definition) is 2. The summed E-state index contributed by atoms with van der Waals surface area (Å²) in [5, 5.41) is 3.61. The molecule has 0 aliphatic heterocycles. The molecule has 2 aromatic carbocycles. The van der Waals surface area contributed by atoms with Crippen LogP contribution in [0.5, 0.6) is 0 Å². The Morgan fingerprint density at radius 3 is 2.68 bits per heavy atom. The Morgan fingerprint density at radius 1 is 1.16 bits per heavy atom. The molecule has 0 aliphatic carbocycles. The maximum Gasteiger partial charge on any atom is 0.253 e. The van der Waals surface area contributed by atoms with E-state index in [0.29, 0.717) is 27.8 Å². The van der Waals surface area contributed by atoms with Crippen LogP contribution in [0.3, 0.4) is 0 Å². The van der Waals surface area contributed by atoms with Crippen molar-refractivity contribution in [3.63, 3.8) is 0 Å². The molecule has 5 heteroatoms. The Kier molecular flexibility index (Phi) is 4.30. The standard InChI is InChI=1S/C14H12Cl2N2O/c15-10-4-5-13(16)12(7-10)14(19)18-8-9-2-1-3-11(17)6-9/h1-7H,8,17H2,(H,18,19). The Balaban J connectivity index is 2.07. The molecule has 0 saturated carbocycles. The van der Waals surface area contributed by atoms with E-state index in [9.17, 15) is 4.79 Å². The van der Waals surface area contributed by atoms with E-state index >= 15 is 0 Å². The summed E-state index contributed by atoms with van der Waals surface area (Å²) in [7, 11) is 0. The van der Waals surface area contributed by atoms with E-state index in [4.69, 9.17) is 28.9 Å². The molecule has 0 aromatic heterocycles. The molecule has 2 aromatic rings. The molecule has 0 unspecified atom stereocenters. The van der Waals surface area contributed by atoms with Crippen LogP contribution >= 0.6 is 23.2 Å². The van der Waals surface area contributed by atoms with Crippen molar-refractivity contribution in [2.24, 2.45) is 0 Å². The average molecular weight is 295 g/mol. The highest BCUT2D eigenvalue weighted by Crippen LogP contribution is 2.20. The minimum Gasteiger partial charge on any atom is -0.399 e. The maximum atomic E-state index is 12.0. The molecule has 0 aliphatic rings. The molecule has 0 saturated heterocycles. The van der Waals surface area contributed by atoms with Crippen LogP contribution in [-0.4, -0.2) is 5.91 Å². The summed E-state index contributed by atoms with van der Waals surface area (Å²) < 4.78 is 0. The molecule has 98 valence electrons. The number of nitrogens with one attached hydrogen (secondary N) is 1. The van der Waals surface area contributed by atoms with Gasteiger partial charge >= 0.3 is 0 Å². The van der Waals surface area contributed by atoms with E-state index in [1.165, 1.54) is 0 Å². The van der Waals surface area contributed by atoms with Gasteiger partial charge in [-0.1, -0.05) is 35.3 Å². The highest BCUT2D eigenvalue weighted by molar-refractivity contribution is 6.35. The second-order valence-electron chi connectivity index (χ2n) is 4.05. The molecule has 0 fully saturated rings. The number of anilines is 1. The smallest absolute Gasteiger partial charge is 0.253 e. The summed E-state index contributed by atoms with van der Waals surface area (Å²) in [6, 6.07) is 12.1. The van der Waals surface area contributed by atoms with Crippen LogP contribution in [0, 0.1) is 0 Å². The maximum absolute atomic E-state index is 12.0. The highest BCUT2D eigenvalue weighted by Gasteiger charge is 2.10. The van der Waals surface area contributed by atoms with E-state index < -0.39 is 0 Å². The molecule has 2 rings (SSSR count). The van der Waals surface area contributed by atoms with Crippen LogP contribution in [0.4, 0.5) is 5.69 Å². The molecule has 0 atom stereocenters. The summed E-state index contributed by atoms with van der Waals surface area (Å²) in [5.41, 5.74) is 7.61. The lowest BCUT2D eigenvalue weighted by Gasteiger charge is -2.07. The van der Waals surface area contributed by atoms with Crippen molar-refractivity contribution < 1.29 is 4.79 Å². The van der Waals surface area contributed by atoms with Crippen molar-refractivity contribution in [3.05, 3.63) is 63.6 Å². The van der Waals surface area contributed by atoms with Crippen molar-refractivity contribution in [3.8, 4) is 0 Å². The van der Waals surface area contributed by atoms with Crippen LogP contribution in [0.25, 0.3) is 0 Å². The lowest BCUT2D eigenvalue weighted by Crippen LogP contribution is -2.23. The van der Waals surface area contributed by atoms with Gasteiger partial charge in [-0.15, -0.1) is 0 Å².